The second-order valence-corrected chi connectivity index (χ2v) is 5.25. The van der Waals surface area contributed by atoms with Gasteiger partial charge in [-0.25, -0.2) is 13.8 Å². The van der Waals surface area contributed by atoms with E-state index in [-0.39, 0.29) is 18.7 Å². The van der Waals surface area contributed by atoms with E-state index in [1.165, 1.54) is 24.3 Å². The van der Waals surface area contributed by atoms with Crippen molar-refractivity contribution in [2.75, 3.05) is 13.2 Å². The normalized spacial score (nSPS) is 17.2. The number of carbonyl (C=O) groups excluding carboxylic acids is 1. The first-order valence-electron chi connectivity index (χ1n) is 5.57. The Morgan fingerprint density at radius 3 is 2.50 bits per heavy atom. The van der Waals surface area contributed by atoms with Crippen LogP contribution in [0, 0.1) is 0 Å². The molecule has 9 heteroatoms. The number of nitrogens with one attached hydrogen (secondary N) is 1. The number of ether oxygens (including phenoxy) is 1. The predicted molar refractivity (Wildman–Crippen MR) is 69.0 cm³/mol. The fraction of sp³-hybridized carbons (Fsp3) is 0.364. The molecule has 20 heavy (non-hydrogen) atoms. The fourth-order valence-electron chi connectivity index (χ4n) is 1.56. The van der Waals surface area contributed by atoms with Crippen molar-refractivity contribution in [3.63, 3.8) is 0 Å². The molecule has 1 N–H and O–H groups in total. The second kappa shape index (κ2) is 6.11. The Hall–Kier alpha value is -1.12. The average molecular weight is 327 g/mol. The zero-order valence-electron chi connectivity index (χ0n) is 9.98. The van der Waals surface area contributed by atoms with Gasteiger partial charge < -0.3 is 4.74 Å². The second-order valence-electron chi connectivity index (χ2n) is 3.95. The number of halogens is 4. The number of benzene rings is 1. The molecule has 1 heterocycles. The Bertz CT molecular complexity index is 484. The maximum Gasteiger partial charge on any atom is 0.421 e. The third-order valence-corrected chi connectivity index (χ3v) is 3.68. The van der Waals surface area contributed by atoms with Gasteiger partial charge in [-0.15, -0.1) is 0 Å². The molecular formula is C11H10ClF3N2O2S. The van der Waals surface area contributed by atoms with E-state index in [1.807, 2.05) is 0 Å². The molecule has 1 unspecified atom stereocenters. The quantitative estimate of drug-likeness (QED) is 0.859. The molecule has 1 fully saturated rings. The molecular weight excluding hydrogens is 317 g/mol. The van der Waals surface area contributed by atoms with Crippen LogP contribution in [0.15, 0.2) is 24.3 Å². The van der Waals surface area contributed by atoms with E-state index < -0.39 is 18.3 Å². The number of alkyl halides is 3. The Morgan fingerprint density at radius 2 is 2.00 bits per heavy atom. The molecule has 4 nitrogen and oxygen atoms in total. The zero-order valence-corrected chi connectivity index (χ0v) is 11.6. The largest absolute Gasteiger partial charge is 0.447 e. The third-order valence-electron chi connectivity index (χ3n) is 2.53. The highest BCUT2D eigenvalue weighted by Crippen LogP contribution is 2.35. The number of cyclic esters (lactones) is 1. The predicted octanol–water partition coefficient (Wildman–Crippen LogP) is 3.55. The van der Waals surface area contributed by atoms with E-state index in [9.17, 15) is 18.0 Å². The molecule has 1 aliphatic rings. The van der Waals surface area contributed by atoms with E-state index in [0.29, 0.717) is 17.2 Å². The van der Waals surface area contributed by atoms with Crippen molar-refractivity contribution in [3.05, 3.63) is 34.9 Å². The third kappa shape index (κ3) is 3.71. The summed E-state index contributed by atoms with van der Waals surface area (Å²) in [4.78, 5) is 11.2. The maximum atomic E-state index is 13.0. The molecule has 1 saturated heterocycles. The summed E-state index contributed by atoms with van der Waals surface area (Å²) in [7, 11) is 0. The highest BCUT2D eigenvalue weighted by molar-refractivity contribution is 7.95. The lowest BCUT2D eigenvalue weighted by Crippen LogP contribution is -2.33. The van der Waals surface area contributed by atoms with E-state index in [1.54, 1.807) is 0 Å². The monoisotopic (exact) mass is 326 g/mol. The number of hydrogen-bond donors (Lipinski definition) is 1. The van der Waals surface area contributed by atoms with E-state index in [0.717, 1.165) is 4.31 Å². The minimum absolute atomic E-state index is 0.0157. The van der Waals surface area contributed by atoms with Crippen LogP contribution < -0.4 is 4.72 Å². The number of carbonyl (C=O) groups is 1. The molecule has 1 aliphatic heterocycles. The SMILES string of the molecule is O=C1OCCN1SNC(c1ccc(Cl)cc1)C(F)(F)F. The number of hydrogen-bond acceptors (Lipinski definition) is 4. The number of amides is 1. The molecule has 0 aliphatic carbocycles. The van der Waals surface area contributed by atoms with Crippen molar-refractivity contribution in [2.24, 2.45) is 0 Å². The first-order valence-corrected chi connectivity index (χ1v) is 6.72. The van der Waals surface area contributed by atoms with Crippen LogP contribution in [0.2, 0.25) is 5.02 Å². The molecule has 0 aromatic heterocycles. The van der Waals surface area contributed by atoms with Crippen LogP contribution in [0.25, 0.3) is 0 Å². The van der Waals surface area contributed by atoms with Gasteiger partial charge >= 0.3 is 12.3 Å². The van der Waals surface area contributed by atoms with Crippen molar-refractivity contribution in [1.29, 1.82) is 0 Å². The van der Waals surface area contributed by atoms with Gasteiger partial charge in [0, 0.05) is 17.2 Å². The molecule has 0 radical (unpaired) electrons. The molecule has 1 atom stereocenters. The summed E-state index contributed by atoms with van der Waals surface area (Å²) in [6.07, 6.45) is -5.15. The van der Waals surface area contributed by atoms with Gasteiger partial charge in [-0.2, -0.15) is 13.2 Å². The minimum Gasteiger partial charge on any atom is -0.447 e. The lowest BCUT2D eigenvalue weighted by molar-refractivity contribution is -0.152. The average Bonchev–Trinajstić information content (AvgIpc) is 2.76. The smallest absolute Gasteiger partial charge is 0.421 e. The van der Waals surface area contributed by atoms with Crippen LogP contribution >= 0.6 is 23.7 Å². The molecule has 2 rings (SSSR count). The Labute approximate surface area is 122 Å². The summed E-state index contributed by atoms with van der Waals surface area (Å²) in [5.41, 5.74) is 0.0157. The van der Waals surface area contributed by atoms with Crippen molar-refractivity contribution in [3.8, 4) is 0 Å². The molecule has 1 aromatic rings. The van der Waals surface area contributed by atoms with Gasteiger partial charge in [-0.1, -0.05) is 23.7 Å². The summed E-state index contributed by atoms with van der Waals surface area (Å²) in [5, 5.41) is 0.352. The molecule has 0 bridgehead atoms. The van der Waals surface area contributed by atoms with Gasteiger partial charge in [0.1, 0.15) is 12.6 Å². The summed E-state index contributed by atoms with van der Waals surface area (Å²) in [6.45, 7) is 0.410. The number of nitrogens with zero attached hydrogens (tertiary/aromatic N) is 1. The zero-order chi connectivity index (χ0) is 14.8. The standard InChI is InChI=1S/C11H10ClF3N2O2S/c12-8-3-1-7(2-4-8)9(11(13,14)15)16-20-17-5-6-19-10(17)18/h1-4,9,16H,5-6H2. The van der Waals surface area contributed by atoms with Gasteiger partial charge in [-0.3, -0.25) is 0 Å². The highest BCUT2D eigenvalue weighted by Gasteiger charge is 2.41. The van der Waals surface area contributed by atoms with Crippen LogP contribution in [0.1, 0.15) is 11.6 Å². The number of rotatable bonds is 4. The fourth-order valence-corrected chi connectivity index (χ4v) is 2.48. The first-order chi connectivity index (χ1) is 9.38. The van der Waals surface area contributed by atoms with E-state index >= 15 is 0 Å². The van der Waals surface area contributed by atoms with E-state index in [4.69, 9.17) is 11.6 Å². The molecule has 1 amide bonds. The van der Waals surface area contributed by atoms with Gasteiger partial charge in [-0.05, 0) is 17.7 Å². The van der Waals surface area contributed by atoms with Crippen LogP contribution in [0.4, 0.5) is 18.0 Å². The van der Waals surface area contributed by atoms with Crippen molar-refractivity contribution in [2.45, 2.75) is 12.2 Å². The summed E-state index contributed by atoms with van der Waals surface area (Å²) in [5.74, 6) is 0. The molecule has 1 aromatic carbocycles. The van der Waals surface area contributed by atoms with Gasteiger partial charge in [0.2, 0.25) is 0 Å². The topological polar surface area (TPSA) is 41.6 Å². The highest BCUT2D eigenvalue weighted by atomic mass is 35.5. The van der Waals surface area contributed by atoms with Crippen LogP contribution in [0.5, 0.6) is 0 Å². The first kappa shape index (κ1) is 15.3. The lowest BCUT2D eigenvalue weighted by Gasteiger charge is -2.23. The van der Waals surface area contributed by atoms with Crippen LogP contribution in [-0.4, -0.2) is 29.7 Å². The maximum absolute atomic E-state index is 13.0. The van der Waals surface area contributed by atoms with Crippen molar-refractivity contribution in [1.82, 2.24) is 9.03 Å². The van der Waals surface area contributed by atoms with Gasteiger partial charge in [0.05, 0.1) is 6.54 Å². The Kier molecular flexibility index (Phi) is 4.66. The molecule has 110 valence electrons. The summed E-state index contributed by atoms with van der Waals surface area (Å²) >= 11 is 6.24. The van der Waals surface area contributed by atoms with E-state index in [2.05, 4.69) is 9.46 Å². The van der Waals surface area contributed by atoms with Crippen molar-refractivity contribution >= 4 is 29.8 Å². The van der Waals surface area contributed by atoms with Crippen LogP contribution in [0.3, 0.4) is 0 Å². The molecule has 0 saturated carbocycles. The van der Waals surface area contributed by atoms with Crippen LogP contribution in [-0.2, 0) is 4.74 Å². The van der Waals surface area contributed by atoms with Crippen molar-refractivity contribution < 1.29 is 22.7 Å². The summed E-state index contributed by atoms with van der Waals surface area (Å²) in [6, 6.07) is 3.43. The van der Waals surface area contributed by atoms with Gasteiger partial charge in [0.25, 0.3) is 0 Å². The molecule has 0 spiro atoms. The van der Waals surface area contributed by atoms with Gasteiger partial charge in [0.15, 0.2) is 0 Å². The lowest BCUT2D eigenvalue weighted by atomic mass is 10.1. The Balaban J connectivity index is 2.08. The summed E-state index contributed by atoms with van der Waals surface area (Å²) < 4.78 is 47.1. The Morgan fingerprint density at radius 1 is 1.35 bits per heavy atom. The minimum atomic E-state index is -4.50.